The second-order valence-corrected chi connectivity index (χ2v) is 8.42. The number of aromatic nitrogens is 2. The minimum Gasteiger partial charge on any atom is -0.379 e. The van der Waals surface area contributed by atoms with Crippen molar-refractivity contribution in [2.45, 2.75) is 19.3 Å². The molecule has 1 aromatic carbocycles. The third-order valence-corrected chi connectivity index (χ3v) is 6.37. The van der Waals surface area contributed by atoms with Crippen molar-refractivity contribution in [3.63, 3.8) is 0 Å². The molecule has 2 saturated heterocycles. The van der Waals surface area contributed by atoms with E-state index in [1.54, 1.807) is 0 Å². The molecule has 4 rings (SSSR count). The Morgan fingerprint density at radius 2 is 2.03 bits per heavy atom. The first-order valence-electron chi connectivity index (χ1n) is 10.5. The largest absolute Gasteiger partial charge is 0.379 e. The van der Waals surface area contributed by atoms with E-state index >= 15 is 0 Å². The van der Waals surface area contributed by atoms with Crippen molar-refractivity contribution in [1.29, 1.82) is 0 Å². The van der Waals surface area contributed by atoms with E-state index in [0.717, 1.165) is 76.2 Å². The van der Waals surface area contributed by atoms with Gasteiger partial charge >= 0.3 is 0 Å². The van der Waals surface area contributed by atoms with Crippen LogP contribution in [0.3, 0.4) is 0 Å². The summed E-state index contributed by atoms with van der Waals surface area (Å²) in [7, 11) is 0. The molecular weight excluding hydrogens is 386 g/mol. The number of hydrogen-bond donors (Lipinski definition) is 1. The predicted octanol–water partition coefficient (Wildman–Crippen LogP) is 1.79. The number of carbonyl (C=O) groups is 1. The number of carbonyl (C=O) groups excluding carboxylic acids is 1. The summed E-state index contributed by atoms with van der Waals surface area (Å²) in [5.74, 6) is 1.04. The summed E-state index contributed by atoms with van der Waals surface area (Å²) in [4.78, 5) is 21.9. The Balaban J connectivity index is 1.26. The smallest absolute Gasteiger partial charge is 0.224 e. The first-order chi connectivity index (χ1) is 14.3. The van der Waals surface area contributed by atoms with Gasteiger partial charge in [-0.2, -0.15) is 4.37 Å². The minimum absolute atomic E-state index is 0.0231. The fourth-order valence-corrected chi connectivity index (χ4v) is 4.61. The first kappa shape index (κ1) is 20.3. The van der Waals surface area contributed by atoms with Gasteiger partial charge < -0.3 is 15.0 Å². The van der Waals surface area contributed by atoms with E-state index in [1.807, 2.05) is 18.2 Å². The Kier molecular flexibility index (Phi) is 7.08. The van der Waals surface area contributed by atoms with Gasteiger partial charge in [0.2, 0.25) is 11.0 Å². The zero-order valence-electron chi connectivity index (χ0n) is 16.8. The van der Waals surface area contributed by atoms with Crippen LogP contribution in [0.1, 0.15) is 24.2 Å². The Morgan fingerprint density at radius 3 is 2.86 bits per heavy atom. The standard InChI is InChI=1S/C21H29N5O2S/c27-20(22-8-10-25-11-13-28-14-12-25)18-7-4-9-26(16-18)21-23-19(24-29-21)15-17-5-2-1-3-6-17/h1-3,5-6,18H,4,7-16H2,(H,22,27). The third kappa shape index (κ3) is 5.74. The van der Waals surface area contributed by atoms with Crippen LogP contribution in [0.25, 0.3) is 0 Å². The quantitative estimate of drug-likeness (QED) is 0.744. The van der Waals surface area contributed by atoms with Crippen molar-refractivity contribution in [3.8, 4) is 0 Å². The van der Waals surface area contributed by atoms with Crippen LogP contribution < -0.4 is 10.2 Å². The van der Waals surface area contributed by atoms with Gasteiger partial charge in [-0.15, -0.1) is 0 Å². The summed E-state index contributed by atoms with van der Waals surface area (Å²) in [5, 5.41) is 4.06. The van der Waals surface area contributed by atoms with Crippen LogP contribution in [-0.4, -0.2) is 72.6 Å². The highest BCUT2D eigenvalue weighted by Crippen LogP contribution is 2.25. The highest BCUT2D eigenvalue weighted by atomic mass is 32.1. The van der Waals surface area contributed by atoms with Crippen LogP contribution in [0.4, 0.5) is 5.13 Å². The summed E-state index contributed by atoms with van der Waals surface area (Å²) >= 11 is 1.44. The molecule has 1 aromatic heterocycles. The SMILES string of the molecule is O=C(NCCN1CCOCC1)C1CCCN(c2nc(Cc3ccccc3)ns2)C1. The molecule has 2 aliphatic heterocycles. The van der Waals surface area contributed by atoms with E-state index in [4.69, 9.17) is 9.72 Å². The summed E-state index contributed by atoms with van der Waals surface area (Å²) in [6.45, 7) is 6.76. The number of morpholine rings is 1. The molecule has 3 heterocycles. The number of hydrogen-bond acceptors (Lipinski definition) is 7. The Morgan fingerprint density at radius 1 is 1.21 bits per heavy atom. The van der Waals surface area contributed by atoms with E-state index in [0.29, 0.717) is 6.54 Å². The second-order valence-electron chi connectivity index (χ2n) is 7.69. The van der Waals surface area contributed by atoms with Gasteiger partial charge in [0.1, 0.15) is 5.82 Å². The molecule has 1 unspecified atom stereocenters. The van der Waals surface area contributed by atoms with E-state index < -0.39 is 0 Å². The van der Waals surface area contributed by atoms with Crippen molar-refractivity contribution in [1.82, 2.24) is 19.6 Å². The molecule has 1 N–H and O–H groups in total. The number of piperidine rings is 1. The lowest BCUT2D eigenvalue weighted by Gasteiger charge is -2.32. The van der Waals surface area contributed by atoms with E-state index in [9.17, 15) is 4.79 Å². The number of nitrogens with one attached hydrogen (secondary N) is 1. The Labute approximate surface area is 176 Å². The van der Waals surface area contributed by atoms with Gasteiger partial charge in [-0.05, 0) is 18.4 Å². The molecule has 2 aromatic rings. The van der Waals surface area contributed by atoms with Crippen LogP contribution >= 0.6 is 11.5 Å². The molecule has 0 saturated carbocycles. The first-order valence-corrected chi connectivity index (χ1v) is 11.2. The molecule has 8 heteroatoms. The average molecular weight is 416 g/mol. The molecule has 2 aliphatic rings. The Hall–Kier alpha value is -2.03. The third-order valence-electron chi connectivity index (χ3n) is 5.56. The summed E-state index contributed by atoms with van der Waals surface area (Å²) in [6, 6.07) is 10.3. The van der Waals surface area contributed by atoms with Gasteiger partial charge in [0.15, 0.2) is 0 Å². The zero-order valence-corrected chi connectivity index (χ0v) is 17.6. The van der Waals surface area contributed by atoms with Crippen molar-refractivity contribution in [3.05, 3.63) is 41.7 Å². The zero-order chi connectivity index (χ0) is 19.9. The van der Waals surface area contributed by atoms with Gasteiger partial charge in [-0.3, -0.25) is 9.69 Å². The second kappa shape index (κ2) is 10.1. The van der Waals surface area contributed by atoms with Crippen molar-refractivity contribution in [2.24, 2.45) is 5.92 Å². The lowest BCUT2D eigenvalue weighted by atomic mass is 9.97. The number of rotatable bonds is 7. The van der Waals surface area contributed by atoms with Crippen LogP contribution in [0, 0.1) is 5.92 Å². The van der Waals surface area contributed by atoms with Gasteiger partial charge in [-0.1, -0.05) is 30.3 Å². The predicted molar refractivity (Wildman–Crippen MR) is 114 cm³/mol. The maximum Gasteiger partial charge on any atom is 0.224 e. The van der Waals surface area contributed by atoms with Crippen LogP contribution in [0.5, 0.6) is 0 Å². The molecule has 0 bridgehead atoms. The summed E-state index contributed by atoms with van der Waals surface area (Å²) in [5.41, 5.74) is 1.22. The van der Waals surface area contributed by atoms with E-state index in [1.165, 1.54) is 17.1 Å². The fourth-order valence-electron chi connectivity index (χ4n) is 3.89. The minimum atomic E-state index is 0.0231. The van der Waals surface area contributed by atoms with Crippen molar-refractivity contribution in [2.75, 3.05) is 57.4 Å². The number of amides is 1. The molecule has 0 spiro atoms. The lowest BCUT2D eigenvalue weighted by molar-refractivity contribution is -0.125. The molecule has 1 atom stereocenters. The van der Waals surface area contributed by atoms with E-state index in [-0.39, 0.29) is 11.8 Å². The number of nitrogens with zero attached hydrogens (tertiary/aromatic N) is 4. The normalized spacial score (nSPS) is 20.6. The van der Waals surface area contributed by atoms with Gasteiger partial charge in [-0.25, -0.2) is 4.98 Å². The van der Waals surface area contributed by atoms with Crippen LogP contribution in [0.2, 0.25) is 0 Å². The van der Waals surface area contributed by atoms with E-state index in [2.05, 4.69) is 31.6 Å². The maximum atomic E-state index is 12.6. The monoisotopic (exact) mass is 415 g/mol. The molecule has 29 heavy (non-hydrogen) atoms. The molecule has 1 amide bonds. The topological polar surface area (TPSA) is 70.6 Å². The highest BCUT2D eigenvalue weighted by Gasteiger charge is 2.27. The molecular formula is C21H29N5O2S. The van der Waals surface area contributed by atoms with Crippen molar-refractivity contribution >= 4 is 22.6 Å². The average Bonchev–Trinajstić information content (AvgIpc) is 3.24. The molecule has 0 radical (unpaired) electrons. The molecule has 156 valence electrons. The summed E-state index contributed by atoms with van der Waals surface area (Å²) in [6.07, 6.45) is 2.70. The number of anilines is 1. The van der Waals surface area contributed by atoms with Crippen LogP contribution in [0.15, 0.2) is 30.3 Å². The van der Waals surface area contributed by atoms with Gasteiger partial charge in [0.05, 0.1) is 19.1 Å². The fraction of sp³-hybridized carbons (Fsp3) is 0.571. The Bertz CT molecular complexity index is 778. The number of benzene rings is 1. The van der Waals surface area contributed by atoms with Gasteiger partial charge in [0.25, 0.3) is 0 Å². The molecule has 0 aliphatic carbocycles. The molecule has 2 fully saturated rings. The van der Waals surface area contributed by atoms with Gasteiger partial charge in [0, 0.05) is 57.2 Å². The summed E-state index contributed by atoms with van der Waals surface area (Å²) < 4.78 is 9.90. The number of ether oxygens (including phenoxy) is 1. The van der Waals surface area contributed by atoms with Crippen molar-refractivity contribution < 1.29 is 9.53 Å². The maximum absolute atomic E-state index is 12.6. The lowest BCUT2D eigenvalue weighted by Crippen LogP contribution is -2.46. The van der Waals surface area contributed by atoms with Crippen LogP contribution in [-0.2, 0) is 16.0 Å². The molecule has 7 nitrogen and oxygen atoms in total. The highest BCUT2D eigenvalue weighted by molar-refractivity contribution is 7.09.